The lowest BCUT2D eigenvalue weighted by atomic mass is 10.0. The van der Waals surface area contributed by atoms with E-state index in [2.05, 4.69) is 28.3 Å². The smallest absolute Gasteiger partial charge is 0.226 e. The largest absolute Gasteiger partial charge is 0.337 e. The van der Waals surface area contributed by atoms with Crippen molar-refractivity contribution in [3.05, 3.63) is 29.3 Å². The van der Waals surface area contributed by atoms with Crippen LogP contribution >= 0.6 is 11.3 Å². The highest BCUT2D eigenvalue weighted by Gasteiger charge is 2.23. The van der Waals surface area contributed by atoms with Crippen molar-refractivity contribution in [2.45, 2.75) is 32.2 Å². The lowest BCUT2D eigenvalue weighted by Crippen LogP contribution is -2.45. The highest BCUT2D eigenvalue weighted by atomic mass is 32.1. The molecule has 1 unspecified atom stereocenters. The molecule has 0 radical (unpaired) electrons. The Morgan fingerprint density at radius 1 is 1.40 bits per heavy atom. The van der Waals surface area contributed by atoms with Crippen LogP contribution in [0.1, 0.15) is 24.8 Å². The van der Waals surface area contributed by atoms with Crippen LogP contribution in [0.15, 0.2) is 23.7 Å². The van der Waals surface area contributed by atoms with Gasteiger partial charge in [0.25, 0.3) is 0 Å². The van der Waals surface area contributed by atoms with Gasteiger partial charge in [-0.25, -0.2) is 9.97 Å². The predicted molar refractivity (Wildman–Crippen MR) is 84.1 cm³/mol. The number of hydrogen-bond acceptors (Lipinski definition) is 5. The summed E-state index contributed by atoms with van der Waals surface area (Å²) in [6.07, 6.45) is 5.45. The SMILES string of the molecule is Cc1ccsc1-c1ccnc(N2CCCCC2CN)n1. The number of aromatic nitrogens is 2. The second-order valence-corrected chi connectivity index (χ2v) is 6.17. The maximum atomic E-state index is 5.89. The number of thiophene rings is 1. The van der Waals surface area contributed by atoms with Crippen molar-refractivity contribution < 1.29 is 0 Å². The zero-order valence-electron chi connectivity index (χ0n) is 11.7. The van der Waals surface area contributed by atoms with Gasteiger partial charge in [0.15, 0.2) is 0 Å². The number of aryl methyl sites for hydroxylation is 1. The first-order chi connectivity index (χ1) is 9.79. The molecule has 106 valence electrons. The summed E-state index contributed by atoms with van der Waals surface area (Å²) in [4.78, 5) is 12.7. The van der Waals surface area contributed by atoms with Gasteiger partial charge >= 0.3 is 0 Å². The third-order valence-corrected chi connectivity index (χ3v) is 4.93. The monoisotopic (exact) mass is 288 g/mol. The number of nitrogens with zero attached hydrogens (tertiary/aromatic N) is 3. The second kappa shape index (κ2) is 5.89. The quantitative estimate of drug-likeness (QED) is 0.943. The molecule has 2 aromatic rings. The van der Waals surface area contributed by atoms with Crippen LogP contribution in [0.5, 0.6) is 0 Å². The van der Waals surface area contributed by atoms with Crippen molar-refractivity contribution in [3.63, 3.8) is 0 Å². The van der Waals surface area contributed by atoms with E-state index in [1.807, 2.05) is 12.3 Å². The Kier molecular flexibility index (Phi) is 3.98. The number of rotatable bonds is 3. The van der Waals surface area contributed by atoms with Crippen molar-refractivity contribution in [3.8, 4) is 10.6 Å². The molecule has 5 heteroatoms. The highest BCUT2D eigenvalue weighted by Crippen LogP contribution is 2.29. The van der Waals surface area contributed by atoms with Crippen molar-refractivity contribution in [2.75, 3.05) is 18.0 Å². The van der Waals surface area contributed by atoms with Gasteiger partial charge in [-0.1, -0.05) is 0 Å². The number of hydrogen-bond donors (Lipinski definition) is 1. The summed E-state index contributed by atoms with van der Waals surface area (Å²) in [5.41, 5.74) is 8.18. The molecule has 1 atom stereocenters. The molecule has 3 heterocycles. The van der Waals surface area contributed by atoms with Crippen LogP contribution in [0.2, 0.25) is 0 Å². The van der Waals surface area contributed by atoms with Crippen LogP contribution in [0.25, 0.3) is 10.6 Å². The van der Waals surface area contributed by atoms with E-state index in [1.165, 1.54) is 23.3 Å². The highest BCUT2D eigenvalue weighted by molar-refractivity contribution is 7.13. The summed E-state index contributed by atoms with van der Waals surface area (Å²) in [6.45, 7) is 3.80. The fourth-order valence-electron chi connectivity index (χ4n) is 2.76. The van der Waals surface area contributed by atoms with Crippen LogP contribution in [0.4, 0.5) is 5.95 Å². The van der Waals surface area contributed by atoms with Crippen molar-refractivity contribution in [1.82, 2.24) is 9.97 Å². The Labute approximate surface area is 123 Å². The van der Waals surface area contributed by atoms with Gasteiger partial charge in [-0.15, -0.1) is 11.3 Å². The first-order valence-corrected chi connectivity index (χ1v) is 8.02. The van der Waals surface area contributed by atoms with E-state index in [-0.39, 0.29) is 0 Å². The van der Waals surface area contributed by atoms with Crippen LogP contribution in [0, 0.1) is 6.92 Å². The molecule has 1 saturated heterocycles. The zero-order chi connectivity index (χ0) is 13.9. The third kappa shape index (κ3) is 2.55. The molecule has 0 aromatic carbocycles. The molecule has 1 fully saturated rings. The lowest BCUT2D eigenvalue weighted by Gasteiger charge is -2.35. The van der Waals surface area contributed by atoms with E-state index in [1.54, 1.807) is 11.3 Å². The molecule has 3 rings (SSSR count). The number of piperidine rings is 1. The van der Waals surface area contributed by atoms with Gasteiger partial charge in [-0.3, -0.25) is 0 Å². The van der Waals surface area contributed by atoms with Gasteiger partial charge in [0.1, 0.15) is 0 Å². The average molecular weight is 288 g/mol. The van der Waals surface area contributed by atoms with Gasteiger partial charge in [0.2, 0.25) is 5.95 Å². The first-order valence-electron chi connectivity index (χ1n) is 7.14. The van der Waals surface area contributed by atoms with E-state index in [9.17, 15) is 0 Å². The minimum absolute atomic E-state index is 0.378. The normalized spacial score (nSPS) is 19.3. The molecule has 0 aliphatic carbocycles. The molecule has 0 spiro atoms. The Hall–Kier alpha value is -1.46. The molecule has 1 aliphatic rings. The minimum Gasteiger partial charge on any atom is -0.337 e. The fourth-order valence-corrected chi connectivity index (χ4v) is 3.65. The molecular formula is C15H20N4S. The van der Waals surface area contributed by atoms with Crippen molar-refractivity contribution in [1.29, 1.82) is 0 Å². The van der Waals surface area contributed by atoms with Crippen LogP contribution in [0.3, 0.4) is 0 Å². The van der Waals surface area contributed by atoms with Crippen LogP contribution in [-0.2, 0) is 0 Å². The maximum absolute atomic E-state index is 5.89. The first kappa shape index (κ1) is 13.5. The van der Waals surface area contributed by atoms with E-state index in [0.717, 1.165) is 24.6 Å². The standard InChI is InChI=1S/C15H20N4S/c1-11-6-9-20-14(11)13-5-7-17-15(18-13)19-8-3-2-4-12(19)10-16/h5-7,9,12H,2-4,8,10,16H2,1H3. The Morgan fingerprint density at radius 3 is 3.05 bits per heavy atom. The second-order valence-electron chi connectivity index (χ2n) is 5.25. The molecule has 20 heavy (non-hydrogen) atoms. The van der Waals surface area contributed by atoms with Gasteiger partial charge < -0.3 is 10.6 Å². The summed E-state index contributed by atoms with van der Waals surface area (Å²) in [7, 11) is 0. The molecular weight excluding hydrogens is 268 g/mol. The minimum atomic E-state index is 0.378. The van der Waals surface area contributed by atoms with E-state index in [4.69, 9.17) is 10.7 Å². The summed E-state index contributed by atoms with van der Waals surface area (Å²) < 4.78 is 0. The van der Waals surface area contributed by atoms with Gasteiger partial charge in [0.05, 0.1) is 10.6 Å². The predicted octanol–water partition coefficient (Wildman–Crippen LogP) is 2.83. The maximum Gasteiger partial charge on any atom is 0.226 e. The van der Waals surface area contributed by atoms with E-state index >= 15 is 0 Å². The molecule has 0 bridgehead atoms. The summed E-state index contributed by atoms with van der Waals surface area (Å²) in [5.74, 6) is 0.824. The van der Waals surface area contributed by atoms with E-state index in [0.29, 0.717) is 12.6 Å². The third-order valence-electron chi connectivity index (χ3n) is 3.89. The molecule has 0 amide bonds. The topological polar surface area (TPSA) is 55.0 Å². The Balaban J connectivity index is 1.93. The average Bonchev–Trinajstić information content (AvgIpc) is 2.93. The fraction of sp³-hybridized carbons (Fsp3) is 0.467. The van der Waals surface area contributed by atoms with Gasteiger partial charge in [-0.05, 0) is 49.3 Å². The Morgan fingerprint density at radius 2 is 2.30 bits per heavy atom. The molecule has 4 nitrogen and oxygen atoms in total. The number of anilines is 1. The summed E-state index contributed by atoms with van der Waals surface area (Å²) in [5, 5.41) is 2.11. The summed E-state index contributed by atoms with van der Waals surface area (Å²) >= 11 is 1.73. The van der Waals surface area contributed by atoms with Gasteiger partial charge in [0, 0.05) is 25.3 Å². The Bertz CT molecular complexity index is 581. The van der Waals surface area contributed by atoms with Crippen LogP contribution < -0.4 is 10.6 Å². The van der Waals surface area contributed by atoms with Crippen LogP contribution in [-0.4, -0.2) is 29.1 Å². The molecule has 0 saturated carbocycles. The molecule has 2 N–H and O–H groups in total. The molecule has 2 aromatic heterocycles. The van der Waals surface area contributed by atoms with Gasteiger partial charge in [-0.2, -0.15) is 0 Å². The lowest BCUT2D eigenvalue weighted by molar-refractivity contribution is 0.458. The summed E-state index contributed by atoms with van der Waals surface area (Å²) in [6, 6.07) is 4.50. The van der Waals surface area contributed by atoms with Crippen molar-refractivity contribution in [2.24, 2.45) is 5.73 Å². The van der Waals surface area contributed by atoms with E-state index < -0.39 is 0 Å². The van der Waals surface area contributed by atoms with Crippen molar-refractivity contribution >= 4 is 17.3 Å². The number of nitrogens with two attached hydrogens (primary N) is 1. The zero-order valence-corrected chi connectivity index (χ0v) is 12.6. The molecule has 1 aliphatic heterocycles.